The Morgan fingerprint density at radius 3 is 1.37 bits per heavy atom. The van der Waals surface area contributed by atoms with E-state index in [2.05, 4.69) is 68.4 Å². The van der Waals surface area contributed by atoms with Gasteiger partial charge in [0.05, 0.1) is 85.5 Å². The van der Waals surface area contributed by atoms with E-state index in [0.29, 0.717) is 70.6 Å². The lowest BCUT2D eigenvalue weighted by molar-refractivity contribution is -0.382. The lowest BCUT2D eigenvalue weighted by atomic mass is 9.34. The molecule has 0 amide bonds. The molecule has 39 unspecified atom stereocenters. The van der Waals surface area contributed by atoms with Crippen molar-refractivity contribution in [1.82, 2.24) is 0 Å². The summed E-state index contributed by atoms with van der Waals surface area (Å²) in [6.45, 7) is 33.3. The third-order valence-electron chi connectivity index (χ3n) is 33.9. The number of allylic oxidation sites excluding steroid dienone is 2. The van der Waals surface area contributed by atoms with Gasteiger partial charge >= 0.3 is 0 Å². The Hall–Kier alpha value is -1.38. The van der Waals surface area contributed by atoms with Crippen molar-refractivity contribution in [1.29, 1.82) is 0 Å². The summed E-state index contributed by atoms with van der Waals surface area (Å²) in [5.74, 6) is -1.03. The van der Waals surface area contributed by atoms with Gasteiger partial charge in [0, 0.05) is 0 Å². The molecule has 0 bridgehead atoms. The number of fused-ring (bicyclic) bond motifs is 10. The van der Waals surface area contributed by atoms with Crippen LogP contribution in [0.5, 0.6) is 0 Å². The molecule has 0 aromatic carbocycles. The van der Waals surface area contributed by atoms with Crippen LogP contribution in [0.15, 0.2) is 11.6 Å². The molecule has 13 aliphatic rings. The molecule has 28 heteroatoms. The maximum Gasteiger partial charge on any atom is 0.187 e. The molecule has 0 aromatic rings. The molecule has 28 nitrogen and oxygen atoms in total. The summed E-state index contributed by atoms with van der Waals surface area (Å²) in [5, 5.41) is 208. The zero-order valence-electron chi connectivity index (χ0n) is 69.4. The second-order valence-corrected chi connectivity index (χ2v) is 41.4. The van der Waals surface area contributed by atoms with Crippen LogP contribution in [-0.2, 0) is 42.6 Å². The van der Waals surface area contributed by atoms with Gasteiger partial charge in [-0.15, -0.1) is 0 Å². The SMILES string of the molecule is CC(C)=CCCC(C)(OC1OC(CO)C(O)C(O)C1O)C1CCC2(C)C1C(O)CC1[C@]3(C)CCC(O)C(C)(C)C3C(OC3OC(CO)C(O)C(O)C3O)C[C@@]12C.CC1OC(OC2C(OC3C[C@@]4(C)C(CC(O)C5C(C6(C)CCC(C(C)(C)O)O6)CCC54C)[C@]4(C)CCC(O)C(C)(C)C34)OC(CO)C(O)C2O)C(O)C(O)C1O. The minimum atomic E-state index is -1.70. The lowest BCUT2D eigenvalue weighted by Crippen LogP contribution is -2.71. The Kier molecular flexibility index (Phi) is 25.5. The van der Waals surface area contributed by atoms with Gasteiger partial charge in [0.15, 0.2) is 25.2 Å². The molecular formula is C84H144O28. The van der Waals surface area contributed by atoms with Gasteiger partial charge < -0.3 is 140 Å². The fourth-order valence-corrected chi connectivity index (χ4v) is 27.6. The molecule has 43 atom stereocenters. The fraction of sp³-hybridized carbons (Fsp3) is 0.976. The topological polar surface area (TPSA) is 467 Å². The van der Waals surface area contributed by atoms with Gasteiger partial charge in [-0.1, -0.05) is 80.9 Å². The van der Waals surface area contributed by atoms with Crippen molar-refractivity contribution in [3.8, 4) is 0 Å². The van der Waals surface area contributed by atoms with Crippen molar-refractivity contribution in [3.05, 3.63) is 11.6 Å². The average Bonchev–Trinajstić information content (AvgIpc) is 1.27. The van der Waals surface area contributed by atoms with E-state index in [9.17, 15) is 97.0 Å². The molecule has 648 valence electrons. The highest BCUT2D eigenvalue weighted by molar-refractivity contribution is 5.25. The second kappa shape index (κ2) is 31.8. The lowest BCUT2D eigenvalue weighted by Gasteiger charge is -2.72. The predicted molar refractivity (Wildman–Crippen MR) is 403 cm³/mol. The van der Waals surface area contributed by atoms with Crippen LogP contribution in [0.2, 0.25) is 0 Å². The molecule has 0 spiro atoms. The molecule has 5 heterocycles. The summed E-state index contributed by atoms with van der Waals surface area (Å²) in [7, 11) is 0. The van der Waals surface area contributed by atoms with Crippen LogP contribution in [0, 0.1) is 90.7 Å². The highest BCUT2D eigenvalue weighted by Gasteiger charge is 2.77. The van der Waals surface area contributed by atoms with Gasteiger partial charge in [-0.3, -0.25) is 0 Å². The Morgan fingerprint density at radius 1 is 0.455 bits per heavy atom. The summed E-state index contributed by atoms with van der Waals surface area (Å²) in [6, 6.07) is 0. The quantitative estimate of drug-likeness (QED) is 0.0734. The van der Waals surface area contributed by atoms with E-state index in [1.54, 1.807) is 13.8 Å². The van der Waals surface area contributed by atoms with E-state index < -0.39 is 234 Å². The van der Waals surface area contributed by atoms with E-state index in [4.69, 9.17) is 42.6 Å². The van der Waals surface area contributed by atoms with Crippen molar-refractivity contribution in [2.45, 2.75) is 403 Å². The standard InChI is InChI=1S/2C42H72O14/c1-19-28(46)30(48)32(50)35(52-19)55-33-31(49)29(47)23(18-43)54-36(33)53-22-17-41(8)24(39(6)13-11-25(45)37(2,3)34(22)39)16-21(44)27-20(10-14-40(27,41)7)42(9)15-12-26(56-42)38(4,5)51;1-20(2)10-9-13-42(8,56-37-34(52)32(50)30(48)25(19-44)55-37)21-11-15-40(6)28(21)22(45)16-26-39(5)14-12-27(46)38(3,4)35(39)23(17-41(26,40)7)53-36-33(51)31(49)29(47)24(18-43)54-36/h19-36,43-51H,10-18H2,1-9H3;10,21-37,43-52H,9,11-19H2,1-8H3/t19?,20?,21?,22?,23?,24?,25?,26?,27?,28?,29?,30?,31?,32?,33?,34?,35?,36?,39-,40?,41-,42?;21?,22?,23?,24?,25?,26?,27?,28?,29?,30?,31?,32?,33?,34?,35?,36?,37?,39-,40?,41-,42?/m00/s1. The smallest absolute Gasteiger partial charge is 0.187 e. The van der Waals surface area contributed by atoms with E-state index in [1.807, 2.05) is 34.6 Å². The molecule has 112 heavy (non-hydrogen) atoms. The highest BCUT2D eigenvalue weighted by Crippen LogP contribution is 2.79. The first-order valence-corrected chi connectivity index (χ1v) is 42.2. The van der Waals surface area contributed by atoms with Crippen molar-refractivity contribution in [3.63, 3.8) is 0 Å². The molecule has 13 fully saturated rings. The van der Waals surface area contributed by atoms with Crippen LogP contribution in [0.25, 0.3) is 0 Å². The first-order valence-electron chi connectivity index (χ1n) is 42.2. The van der Waals surface area contributed by atoms with Crippen LogP contribution in [0.1, 0.15) is 220 Å². The summed E-state index contributed by atoms with van der Waals surface area (Å²) in [6.07, 6.45) is -20.5. The predicted octanol–water partition coefficient (Wildman–Crippen LogP) is 2.48. The first-order chi connectivity index (χ1) is 51.9. The Labute approximate surface area is 661 Å². The van der Waals surface area contributed by atoms with Gasteiger partial charge in [-0.05, 0) is 242 Å². The van der Waals surface area contributed by atoms with E-state index in [-0.39, 0.29) is 58.9 Å². The number of hydrogen-bond donors (Lipinski definition) is 19. The van der Waals surface area contributed by atoms with Crippen molar-refractivity contribution in [2.24, 2.45) is 90.7 Å². The van der Waals surface area contributed by atoms with Gasteiger partial charge in [0.2, 0.25) is 0 Å². The molecule has 19 N–H and O–H groups in total. The van der Waals surface area contributed by atoms with Crippen LogP contribution >= 0.6 is 0 Å². The van der Waals surface area contributed by atoms with Gasteiger partial charge in [0.25, 0.3) is 0 Å². The van der Waals surface area contributed by atoms with Gasteiger partial charge in [0.1, 0.15) is 91.6 Å². The van der Waals surface area contributed by atoms with Crippen molar-refractivity contribution < 1.29 is 140 Å². The monoisotopic (exact) mass is 1600 g/mol. The minimum absolute atomic E-state index is 0.000258. The van der Waals surface area contributed by atoms with Crippen LogP contribution in [0.4, 0.5) is 0 Å². The maximum atomic E-state index is 12.6. The zero-order chi connectivity index (χ0) is 82.8. The molecular weight excluding hydrogens is 1460 g/mol. The maximum absolute atomic E-state index is 12.6. The number of ether oxygens (including phenoxy) is 9. The van der Waals surface area contributed by atoms with Gasteiger partial charge in [-0.25, -0.2) is 0 Å². The van der Waals surface area contributed by atoms with Gasteiger partial charge in [-0.2, -0.15) is 0 Å². The number of aliphatic hydroxyl groups is 19. The highest BCUT2D eigenvalue weighted by atomic mass is 16.8. The number of aliphatic hydroxyl groups excluding tert-OH is 18. The Bertz CT molecular complexity index is 3240. The fourth-order valence-electron chi connectivity index (χ4n) is 27.6. The second-order valence-electron chi connectivity index (χ2n) is 41.4. The molecule has 13 rings (SSSR count). The van der Waals surface area contributed by atoms with Crippen LogP contribution < -0.4 is 0 Å². The van der Waals surface area contributed by atoms with Crippen LogP contribution in [-0.4, -0.2) is 299 Å². The molecule has 5 saturated heterocycles. The van der Waals surface area contributed by atoms with Crippen LogP contribution in [0.3, 0.4) is 0 Å². The first kappa shape index (κ1) is 89.9. The summed E-state index contributed by atoms with van der Waals surface area (Å²) in [4.78, 5) is 0. The Morgan fingerprint density at radius 2 is 0.884 bits per heavy atom. The molecule has 0 aromatic heterocycles. The third-order valence-corrected chi connectivity index (χ3v) is 33.9. The summed E-state index contributed by atoms with van der Waals surface area (Å²) in [5.41, 5.74) is -5.28. The Balaban J connectivity index is 0.000000208. The minimum Gasteiger partial charge on any atom is -0.394 e. The molecule has 5 aliphatic heterocycles. The van der Waals surface area contributed by atoms with Crippen molar-refractivity contribution in [2.75, 3.05) is 19.8 Å². The van der Waals surface area contributed by atoms with E-state index in [0.717, 1.165) is 37.7 Å². The molecule has 8 saturated carbocycles. The average molecular weight is 1600 g/mol. The van der Waals surface area contributed by atoms with Crippen molar-refractivity contribution >= 4 is 0 Å². The normalized spacial score (nSPS) is 55.0. The van der Waals surface area contributed by atoms with E-state index >= 15 is 0 Å². The molecule has 8 aliphatic carbocycles. The zero-order valence-corrected chi connectivity index (χ0v) is 69.4. The summed E-state index contributed by atoms with van der Waals surface area (Å²) < 4.78 is 57.4. The number of hydrogen-bond acceptors (Lipinski definition) is 28. The van der Waals surface area contributed by atoms with E-state index in [1.165, 1.54) is 6.92 Å². The summed E-state index contributed by atoms with van der Waals surface area (Å²) >= 11 is 0. The largest absolute Gasteiger partial charge is 0.394 e. The number of rotatable bonds is 17. The third kappa shape index (κ3) is 14.6. The molecule has 0 radical (unpaired) electrons.